The minimum absolute atomic E-state index is 0.426. The molecule has 0 bridgehead atoms. The molecule has 2 unspecified atom stereocenters. The highest BCUT2D eigenvalue weighted by molar-refractivity contribution is 7.80. The molecule has 3 nitrogen and oxygen atoms in total. The summed E-state index contributed by atoms with van der Waals surface area (Å²) in [6.07, 6.45) is -0.245. The molecule has 0 heterocycles. The fraction of sp³-hybridized carbons (Fsp3) is 1.00. The SMILES string of the molecule is OC(CCS)C(O)C(CCS)(CCS)OCCS. The van der Waals surface area contributed by atoms with Crippen LogP contribution in [0, 0.1) is 0 Å². The first-order chi connectivity index (χ1) is 8.57. The Morgan fingerprint density at radius 1 is 0.889 bits per heavy atom. The van der Waals surface area contributed by atoms with Crippen LogP contribution < -0.4 is 0 Å². The first-order valence-corrected chi connectivity index (χ1v) is 8.54. The van der Waals surface area contributed by atoms with Gasteiger partial charge in [-0.2, -0.15) is 50.5 Å². The molecule has 0 rings (SSSR count). The van der Waals surface area contributed by atoms with Gasteiger partial charge in [0.15, 0.2) is 0 Å². The van der Waals surface area contributed by atoms with E-state index in [0.717, 1.165) is 0 Å². The van der Waals surface area contributed by atoms with Crippen LogP contribution in [-0.2, 0) is 4.74 Å². The zero-order chi connectivity index (χ0) is 14.0. The molecule has 0 spiro atoms. The van der Waals surface area contributed by atoms with E-state index < -0.39 is 17.8 Å². The molecule has 0 amide bonds. The van der Waals surface area contributed by atoms with Crippen LogP contribution in [0.3, 0.4) is 0 Å². The zero-order valence-electron chi connectivity index (χ0n) is 10.4. The Hall–Kier alpha value is 1.28. The standard InChI is InChI=1S/C11H24O3S4/c12-9(1-5-15)10(13)11(2-6-16,3-7-17)14-4-8-18/h9-10,12-13,15-18H,1-8H2. The van der Waals surface area contributed by atoms with Gasteiger partial charge in [-0.25, -0.2) is 0 Å². The minimum atomic E-state index is -0.955. The molecule has 0 saturated heterocycles. The summed E-state index contributed by atoms with van der Waals surface area (Å²) in [5.74, 6) is 2.23. The smallest absolute Gasteiger partial charge is 0.109 e. The normalized spacial score (nSPS) is 15.7. The molecule has 0 aliphatic heterocycles. The quantitative estimate of drug-likeness (QED) is 0.324. The molecule has 0 aliphatic rings. The molecule has 0 aromatic carbocycles. The highest BCUT2D eigenvalue weighted by atomic mass is 32.1. The van der Waals surface area contributed by atoms with Gasteiger partial charge >= 0.3 is 0 Å². The molecule has 0 aliphatic carbocycles. The Kier molecular flexibility index (Phi) is 11.8. The third-order valence-electron chi connectivity index (χ3n) is 2.88. The number of hydrogen-bond donors (Lipinski definition) is 6. The van der Waals surface area contributed by atoms with Crippen molar-refractivity contribution in [3.05, 3.63) is 0 Å². The number of aliphatic hydroxyl groups is 2. The van der Waals surface area contributed by atoms with Crippen molar-refractivity contribution >= 4 is 50.5 Å². The summed E-state index contributed by atoms with van der Waals surface area (Å²) >= 11 is 16.6. The van der Waals surface area contributed by atoms with Crippen molar-refractivity contribution < 1.29 is 14.9 Å². The molecule has 18 heavy (non-hydrogen) atoms. The van der Waals surface area contributed by atoms with Gasteiger partial charge in [0.25, 0.3) is 0 Å². The van der Waals surface area contributed by atoms with Gasteiger partial charge in [-0.05, 0) is 36.5 Å². The van der Waals surface area contributed by atoms with Gasteiger partial charge in [0.2, 0.25) is 0 Å². The van der Waals surface area contributed by atoms with Gasteiger partial charge in [0.05, 0.1) is 18.3 Å². The van der Waals surface area contributed by atoms with Crippen molar-refractivity contribution in [1.82, 2.24) is 0 Å². The van der Waals surface area contributed by atoms with E-state index in [-0.39, 0.29) is 0 Å². The van der Waals surface area contributed by atoms with Gasteiger partial charge in [-0.1, -0.05) is 0 Å². The van der Waals surface area contributed by atoms with Gasteiger partial charge in [0, 0.05) is 5.75 Å². The Morgan fingerprint density at radius 2 is 1.44 bits per heavy atom. The van der Waals surface area contributed by atoms with E-state index in [2.05, 4.69) is 50.5 Å². The van der Waals surface area contributed by atoms with E-state index in [1.54, 1.807) is 0 Å². The Balaban J connectivity index is 4.86. The maximum atomic E-state index is 10.3. The van der Waals surface area contributed by atoms with Crippen molar-refractivity contribution in [2.75, 3.05) is 29.6 Å². The van der Waals surface area contributed by atoms with Crippen LogP contribution in [0.1, 0.15) is 19.3 Å². The molecular formula is C11H24O3S4. The van der Waals surface area contributed by atoms with Crippen LogP contribution in [0.25, 0.3) is 0 Å². The summed E-state index contributed by atoms with van der Waals surface area (Å²) in [6.45, 7) is 0.426. The van der Waals surface area contributed by atoms with E-state index in [1.807, 2.05) is 0 Å². The number of hydrogen-bond acceptors (Lipinski definition) is 7. The molecule has 0 aromatic rings. The molecule has 7 heteroatoms. The predicted molar refractivity (Wildman–Crippen MR) is 90.0 cm³/mol. The van der Waals surface area contributed by atoms with E-state index >= 15 is 0 Å². The van der Waals surface area contributed by atoms with E-state index in [0.29, 0.717) is 48.9 Å². The highest BCUT2D eigenvalue weighted by Gasteiger charge is 2.41. The molecule has 0 aromatic heterocycles. The average Bonchev–Trinajstić information content (AvgIpc) is 2.36. The van der Waals surface area contributed by atoms with Crippen LogP contribution in [0.5, 0.6) is 0 Å². The molecule has 0 radical (unpaired) electrons. The summed E-state index contributed by atoms with van der Waals surface area (Å²) in [7, 11) is 0. The summed E-state index contributed by atoms with van der Waals surface area (Å²) < 4.78 is 5.78. The summed E-state index contributed by atoms with van der Waals surface area (Å²) in [6, 6.07) is 0. The number of ether oxygens (including phenoxy) is 1. The monoisotopic (exact) mass is 332 g/mol. The largest absolute Gasteiger partial charge is 0.390 e. The van der Waals surface area contributed by atoms with Crippen molar-refractivity contribution in [2.24, 2.45) is 0 Å². The van der Waals surface area contributed by atoms with Crippen LogP contribution in [-0.4, -0.2) is 57.6 Å². The second-order valence-electron chi connectivity index (χ2n) is 4.11. The highest BCUT2D eigenvalue weighted by Crippen LogP contribution is 2.29. The average molecular weight is 333 g/mol. The molecule has 0 fully saturated rings. The lowest BCUT2D eigenvalue weighted by Crippen LogP contribution is -2.52. The van der Waals surface area contributed by atoms with Gasteiger partial charge in [-0.15, -0.1) is 0 Å². The number of rotatable bonds is 11. The van der Waals surface area contributed by atoms with Gasteiger partial charge in [-0.3, -0.25) is 0 Å². The van der Waals surface area contributed by atoms with Crippen molar-refractivity contribution in [1.29, 1.82) is 0 Å². The number of thiol groups is 4. The predicted octanol–water partition coefficient (Wildman–Crippen LogP) is 1.35. The van der Waals surface area contributed by atoms with E-state index in [4.69, 9.17) is 4.74 Å². The maximum Gasteiger partial charge on any atom is 0.109 e. The lowest BCUT2D eigenvalue weighted by molar-refractivity contribution is -0.158. The summed E-state index contributed by atoms with van der Waals surface area (Å²) in [5, 5.41) is 20.3. The second kappa shape index (κ2) is 11.0. The van der Waals surface area contributed by atoms with Crippen LogP contribution in [0.2, 0.25) is 0 Å². The minimum Gasteiger partial charge on any atom is -0.390 e. The summed E-state index contributed by atoms with van der Waals surface area (Å²) in [4.78, 5) is 0. The van der Waals surface area contributed by atoms with E-state index in [1.165, 1.54) is 0 Å². The molecule has 0 saturated carbocycles. The van der Waals surface area contributed by atoms with Crippen LogP contribution >= 0.6 is 50.5 Å². The first-order valence-electron chi connectivity index (χ1n) is 6.01. The fourth-order valence-electron chi connectivity index (χ4n) is 1.92. The van der Waals surface area contributed by atoms with Crippen molar-refractivity contribution in [3.63, 3.8) is 0 Å². The lowest BCUT2D eigenvalue weighted by Gasteiger charge is -2.39. The fourth-order valence-corrected chi connectivity index (χ4v) is 3.03. The van der Waals surface area contributed by atoms with Crippen molar-refractivity contribution in [2.45, 2.75) is 37.1 Å². The third kappa shape index (κ3) is 6.15. The zero-order valence-corrected chi connectivity index (χ0v) is 14.0. The topological polar surface area (TPSA) is 49.7 Å². The molecule has 2 atom stereocenters. The molecule has 110 valence electrons. The third-order valence-corrected chi connectivity index (χ3v) is 3.77. The summed E-state index contributed by atoms with van der Waals surface area (Å²) in [5.41, 5.74) is -0.797. The Labute approximate surface area is 132 Å². The van der Waals surface area contributed by atoms with Gasteiger partial charge in [0.1, 0.15) is 6.10 Å². The Bertz CT molecular complexity index is 201. The molecule has 2 N–H and O–H groups in total. The van der Waals surface area contributed by atoms with E-state index in [9.17, 15) is 10.2 Å². The van der Waals surface area contributed by atoms with Crippen LogP contribution in [0.4, 0.5) is 0 Å². The van der Waals surface area contributed by atoms with Gasteiger partial charge < -0.3 is 14.9 Å². The lowest BCUT2D eigenvalue weighted by atomic mass is 9.86. The first kappa shape index (κ1) is 19.3. The Morgan fingerprint density at radius 3 is 1.83 bits per heavy atom. The maximum absolute atomic E-state index is 10.3. The number of aliphatic hydroxyl groups excluding tert-OH is 2. The van der Waals surface area contributed by atoms with Crippen molar-refractivity contribution in [3.8, 4) is 0 Å². The second-order valence-corrected chi connectivity index (χ2v) is 5.90. The molecular weight excluding hydrogens is 308 g/mol. The van der Waals surface area contributed by atoms with Crippen LogP contribution in [0.15, 0.2) is 0 Å².